The Hall–Kier alpha value is -3.86. The van der Waals surface area contributed by atoms with Gasteiger partial charge in [-0.15, -0.1) is 0 Å². The lowest BCUT2D eigenvalue weighted by Gasteiger charge is -2.15. The highest BCUT2D eigenvalue weighted by atomic mass is 16.5. The summed E-state index contributed by atoms with van der Waals surface area (Å²) in [7, 11) is 0. The number of hydrogen-bond acceptors (Lipinski definition) is 5. The normalized spacial score (nSPS) is 11.1. The Morgan fingerprint density at radius 1 is 0.941 bits per heavy atom. The Labute approximate surface area is 199 Å². The first-order valence-corrected chi connectivity index (χ1v) is 11.4. The van der Waals surface area contributed by atoms with Crippen LogP contribution in [0.25, 0.3) is 11.0 Å². The number of hydrogen-bond donors (Lipinski definition) is 1. The summed E-state index contributed by atoms with van der Waals surface area (Å²) in [6, 6.07) is 18.6. The van der Waals surface area contributed by atoms with Crippen LogP contribution in [0.4, 0.5) is 11.4 Å². The molecule has 0 atom stereocenters. The van der Waals surface area contributed by atoms with E-state index in [1.54, 1.807) is 12.1 Å². The smallest absolute Gasteiger partial charge is 0.340 e. The fourth-order valence-electron chi connectivity index (χ4n) is 4.16. The van der Waals surface area contributed by atoms with Crippen LogP contribution in [-0.2, 0) is 11.3 Å². The van der Waals surface area contributed by atoms with Crippen LogP contribution < -0.4 is 10.9 Å². The number of nitrogens with one attached hydrogen (secondary N) is 1. The summed E-state index contributed by atoms with van der Waals surface area (Å²) >= 11 is 0. The predicted octanol–water partition coefficient (Wildman–Crippen LogP) is 6.94. The maximum atomic E-state index is 13.1. The van der Waals surface area contributed by atoms with Crippen molar-refractivity contribution in [1.82, 2.24) is 0 Å². The number of carbonyl (C=O) groups excluding carboxylic acids is 1. The number of fused-ring (bicyclic) bond motifs is 1. The SMILES string of the molecule is Cc1cc2oc(=O)cc(COC(=O)c3ccccc3Nc3cccc(C)c3C)c2cc1C(C)C. The molecule has 0 saturated carbocycles. The van der Waals surface area contributed by atoms with Crippen molar-refractivity contribution in [2.75, 3.05) is 5.32 Å². The van der Waals surface area contributed by atoms with E-state index in [1.165, 1.54) is 6.07 Å². The second-order valence-corrected chi connectivity index (χ2v) is 8.94. The van der Waals surface area contributed by atoms with E-state index in [0.29, 0.717) is 28.3 Å². The minimum Gasteiger partial charge on any atom is -0.457 e. The van der Waals surface area contributed by atoms with Crippen molar-refractivity contribution >= 4 is 28.3 Å². The fraction of sp³-hybridized carbons (Fsp3) is 0.241. The molecule has 0 aliphatic carbocycles. The molecule has 1 heterocycles. The van der Waals surface area contributed by atoms with Gasteiger partial charge >= 0.3 is 11.6 Å². The molecule has 5 nitrogen and oxygen atoms in total. The number of aryl methyl sites for hydroxylation is 2. The van der Waals surface area contributed by atoms with Gasteiger partial charge in [-0.25, -0.2) is 9.59 Å². The van der Waals surface area contributed by atoms with E-state index in [0.717, 1.165) is 33.3 Å². The largest absolute Gasteiger partial charge is 0.457 e. The summed E-state index contributed by atoms with van der Waals surface area (Å²) in [6.07, 6.45) is 0. The van der Waals surface area contributed by atoms with Crippen LogP contribution in [0.5, 0.6) is 0 Å². The third-order valence-electron chi connectivity index (χ3n) is 6.22. The van der Waals surface area contributed by atoms with E-state index in [9.17, 15) is 9.59 Å². The number of esters is 1. The summed E-state index contributed by atoms with van der Waals surface area (Å²) in [5.74, 6) is -0.152. The highest BCUT2D eigenvalue weighted by molar-refractivity contribution is 5.96. The van der Waals surface area contributed by atoms with E-state index in [-0.39, 0.29) is 6.61 Å². The van der Waals surface area contributed by atoms with E-state index >= 15 is 0 Å². The van der Waals surface area contributed by atoms with Crippen LogP contribution in [0.2, 0.25) is 0 Å². The van der Waals surface area contributed by atoms with Gasteiger partial charge in [-0.05, 0) is 79.3 Å². The Bertz CT molecular complexity index is 1430. The molecule has 0 radical (unpaired) electrons. The quantitative estimate of drug-likeness (QED) is 0.252. The van der Waals surface area contributed by atoms with Crippen LogP contribution in [0.3, 0.4) is 0 Å². The minimum absolute atomic E-state index is 0.0284. The van der Waals surface area contributed by atoms with Crippen molar-refractivity contribution in [2.45, 2.75) is 47.1 Å². The Morgan fingerprint density at radius 3 is 2.44 bits per heavy atom. The standard InChI is InChI=1S/C29H29NO4/c1-17(2)23-15-24-21(14-28(31)34-27(24)13-19(23)4)16-33-29(32)22-10-6-7-11-26(22)30-25-12-8-9-18(3)20(25)5/h6-15,17,30H,16H2,1-5H3. The van der Waals surface area contributed by atoms with Gasteiger partial charge in [0.25, 0.3) is 0 Å². The summed E-state index contributed by atoms with van der Waals surface area (Å²) in [5.41, 5.74) is 7.18. The summed E-state index contributed by atoms with van der Waals surface area (Å²) in [5, 5.41) is 4.14. The van der Waals surface area contributed by atoms with Crippen LogP contribution in [0, 0.1) is 20.8 Å². The Kier molecular flexibility index (Phi) is 6.55. The first-order chi connectivity index (χ1) is 16.2. The third kappa shape index (κ3) is 4.74. The molecule has 0 saturated heterocycles. The highest BCUT2D eigenvalue weighted by Gasteiger charge is 2.16. The molecule has 0 amide bonds. The first kappa shape index (κ1) is 23.3. The second-order valence-electron chi connectivity index (χ2n) is 8.94. The van der Waals surface area contributed by atoms with Crippen molar-refractivity contribution in [3.05, 3.63) is 104 Å². The van der Waals surface area contributed by atoms with Crippen LogP contribution >= 0.6 is 0 Å². The third-order valence-corrected chi connectivity index (χ3v) is 6.22. The first-order valence-electron chi connectivity index (χ1n) is 11.4. The van der Waals surface area contributed by atoms with Gasteiger partial charge in [-0.2, -0.15) is 0 Å². The summed E-state index contributed by atoms with van der Waals surface area (Å²) in [6.45, 7) is 10.3. The maximum absolute atomic E-state index is 13.1. The molecule has 3 aromatic carbocycles. The monoisotopic (exact) mass is 455 g/mol. The van der Waals surface area contributed by atoms with Crippen molar-refractivity contribution in [3.8, 4) is 0 Å². The molecular weight excluding hydrogens is 426 g/mol. The van der Waals surface area contributed by atoms with Crippen LogP contribution in [0.15, 0.2) is 69.9 Å². The van der Waals surface area contributed by atoms with E-state index in [2.05, 4.69) is 19.2 Å². The fourth-order valence-corrected chi connectivity index (χ4v) is 4.16. The molecule has 34 heavy (non-hydrogen) atoms. The number of ether oxygens (including phenoxy) is 1. The average Bonchev–Trinajstić information content (AvgIpc) is 2.80. The Morgan fingerprint density at radius 2 is 1.68 bits per heavy atom. The van der Waals surface area contributed by atoms with Gasteiger partial charge in [-0.3, -0.25) is 0 Å². The van der Waals surface area contributed by atoms with Crippen LogP contribution in [-0.4, -0.2) is 5.97 Å². The molecule has 174 valence electrons. The molecule has 4 aromatic rings. The molecule has 0 aliphatic rings. The van der Waals surface area contributed by atoms with E-state index < -0.39 is 11.6 Å². The van der Waals surface area contributed by atoms with Crippen molar-refractivity contribution in [1.29, 1.82) is 0 Å². The zero-order chi connectivity index (χ0) is 24.4. The maximum Gasteiger partial charge on any atom is 0.340 e. The lowest BCUT2D eigenvalue weighted by Crippen LogP contribution is -2.10. The highest BCUT2D eigenvalue weighted by Crippen LogP contribution is 2.28. The molecule has 0 spiro atoms. The molecule has 4 rings (SSSR count). The number of para-hydroxylation sites is 1. The molecule has 0 bridgehead atoms. The molecule has 0 unspecified atom stereocenters. The topological polar surface area (TPSA) is 68.5 Å². The van der Waals surface area contributed by atoms with Gasteiger partial charge in [-0.1, -0.05) is 38.1 Å². The number of carbonyl (C=O) groups is 1. The molecule has 5 heteroatoms. The van der Waals surface area contributed by atoms with Gasteiger partial charge in [0.15, 0.2) is 0 Å². The van der Waals surface area contributed by atoms with Crippen molar-refractivity contribution in [2.24, 2.45) is 0 Å². The summed E-state index contributed by atoms with van der Waals surface area (Å²) in [4.78, 5) is 25.2. The van der Waals surface area contributed by atoms with Crippen molar-refractivity contribution in [3.63, 3.8) is 0 Å². The summed E-state index contributed by atoms with van der Waals surface area (Å²) < 4.78 is 11.1. The van der Waals surface area contributed by atoms with Crippen molar-refractivity contribution < 1.29 is 13.9 Å². The molecule has 0 aliphatic heterocycles. The number of rotatable bonds is 6. The van der Waals surface area contributed by atoms with Gasteiger partial charge in [0.05, 0.1) is 11.3 Å². The van der Waals surface area contributed by atoms with Gasteiger partial charge in [0.1, 0.15) is 12.2 Å². The zero-order valence-electron chi connectivity index (χ0n) is 20.2. The Balaban J connectivity index is 1.62. The van der Waals surface area contributed by atoms with Gasteiger partial charge < -0.3 is 14.5 Å². The minimum atomic E-state index is -0.467. The molecule has 1 N–H and O–H groups in total. The number of benzene rings is 3. The molecule has 1 aromatic heterocycles. The lowest BCUT2D eigenvalue weighted by atomic mass is 9.95. The molecule has 0 fully saturated rings. The van der Waals surface area contributed by atoms with Gasteiger partial charge in [0, 0.05) is 22.7 Å². The molecular formula is C29H29NO4. The number of anilines is 2. The van der Waals surface area contributed by atoms with E-state index in [1.807, 2.05) is 63.2 Å². The van der Waals surface area contributed by atoms with Crippen LogP contribution in [0.1, 0.15) is 57.9 Å². The lowest BCUT2D eigenvalue weighted by molar-refractivity contribution is 0.0475. The predicted molar refractivity (Wildman–Crippen MR) is 136 cm³/mol. The average molecular weight is 456 g/mol. The van der Waals surface area contributed by atoms with E-state index in [4.69, 9.17) is 9.15 Å². The zero-order valence-corrected chi connectivity index (χ0v) is 20.2. The van der Waals surface area contributed by atoms with Gasteiger partial charge in [0.2, 0.25) is 0 Å². The second kappa shape index (κ2) is 9.56.